The number of hydrogen-bond donors (Lipinski definition) is 1. The second kappa shape index (κ2) is 27.5. The Morgan fingerprint density at radius 1 is 0.736 bits per heavy atom. The van der Waals surface area contributed by atoms with Gasteiger partial charge in [-0.2, -0.15) is 0 Å². The van der Waals surface area contributed by atoms with Crippen molar-refractivity contribution < 1.29 is 52.0 Å². The monoisotopic (exact) mass is 779 g/mol. The van der Waals surface area contributed by atoms with Crippen LogP contribution in [-0.2, 0) is 42.6 Å². The summed E-state index contributed by atoms with van der Waals surface area (Å²) in [6, 6.07) is 0. The summed E-state index contributed by atoms with van der Waals surface area (Å²) in [6.07, 6.45) is 21.1. The van der Waals surface area contributed by atoms with Crippen LogP contribution in [0.5, 0.6) is 0 Å². The number of ether oxygens (including phenoxy) is 3. The second-order valence-corrected chi connectivity index (χ2v) is 18.2. The van der Waals surface area contributed by atoms with Gasteiger partial charge in [0.2, 0.25) is 0 Å². The SMILES string of the molecule is CCCCCCCCCCCCCC(=O)OCC(COP(=O)(O)OCC[N+](C)(C)C)OC(=O)CCCCC1(CCCCCCCC)OCC(C)(C)N1[O]. The fourth-order valence-electron chi connectivity index (χ4n) is 6.50. The van der Waals surface area contributed by atoms with Crippen LogP contribution in [0.4, 0.5) is 0 Å². The van der Waals surface area contributed by atoms with Crippen LogP contribution < -0.4 is 0 Å². The first-order valence-corrected chi connectivity index (χ1v) is 22.4. The number of esters is 2. The third kappa shape index (κ3) is 24.2. The van der Waals surface area contributed by atoms with Gasteiger partial charge in [-0.3, -0.25) is 18.6 Å². The molecule has 1 rings (SSSR count). The largest absolute Gasteiger partial charge is 0.472 e. The van der Waals surface area contributed by atoms with Crippen LogP contribution in [0.2, 0.25) is 0 Å². The number of quaternary nitrogens is 1. The number of phosphoric acid groups is 1. The Bertz CT molecular complexity index is 1020. The molecule has 3 atom stereocenters. The molecule has 0 aromatic carbocycles. The summed E-state index contributed by atoms with van der Waals surface area (Å²) < 4.78 is 40.6. The van der Waals surface area contributed by atoms with E-state index in [0.717, 1.165) is 43.6 Å². The van der Waals surface area contributed by atoms with Crippen LogP contribution in [0.1, 0.15) is 175 Å². The van der Waals surface area contributed by atoms with Crippen molar-refractivity contribution >= 4 is 19.8 Å². The van der Waals surface area contributed by atoms with E-state index < -0.39 is 43.7 Å². The lowest BCUT2D eigenvalue weighted by Crippen LogP contribution is -2.49. The Kier molecular flexibility index (Phi) is 25.9. The van der Waals surface area contributed by atoms with E-state index in [-0.39, 0.29) is 26.1 Å². The van der Waals surface area contributed by atoms with Gasteiger partial charge in [-0.1, -0.05) is 110 Å². The second-order valence-electron chi connectivity index (χ2n) is 16.8. The molecule has 1 aliphatic heterocycles. The Morgan fingerprint density at radius 2 is 1.21 bits per heavy atom. The Hall–Kier alpha value is -1.11. The van der Waals surface area contributed by atoms with E-state index in [1.54, 1.807) is 0 Å². The minimum atomic E-state index is -4.43. The average molecular weight is 779 g/mol. The molecule has 0 aromatic rings. The predicted octanol–water partition coefficient (Wildman–Crippen LogP) is 9.45. The summed E-state index contributed by atoms with van der Waals surface area (Å²) in [7, 11) is 1.36. The molecule has 0 saturated carbocycles. The number of carbonyl (C=O) groups is 2. The summed E-state index contributed by atoms with van der Waals surface area (Å²) in [5.74, 6) is -0.957. The highest BCUT2D eigenvalue weighted by molar-refractivity contribution is 7.47. The smallest absolute Gasteiger partial charge is 0.462 e. The highest BCUT2D eigenvalue weighted by Gasteiger charge is 2.52. The standard InChI is InChI=1S/C40H78N2O10P/c1-8-10-12-14-16-17-18-19-20-21-23-27-37(43)48-33-36(34-51-53(46,47)50-32-31-42(5,6)7)52-38(44)28-24-26-30-40(29-25-22-15-13-11-9-2)41(45)39(3,4)35-49-40/h36H,8-35H2,1-7H3/p+1. The highest BCUT2D eigenvalue weighted by atomic mass is 31.2. The van der Waals surface area contributed by atoms with Gasteiger partial charge in [0.05, 0.1) is 39.9 Å². The first kappa shape index (κ1) is 49.9. The third-order valence-electron chi connectivity index (χ3n) is 9.89. The van der Waals surface area contributed by atoms with Gasteiger partial charge in [-0.05, 0) is 52.4 Å². The molecule has 1 radical (unpaired) electrons. The summed E-state index contributed by atoms with van der Waals surface area (Å²) in [4.78, 5) is 35.7. The van der Waals surface area contributed by atoms with E-state index in [0.29, 0.717) is 49.7 Å². The molecule has 1 heterocycles. The maximum atomic E-state index is 13.3. The highest BCUT2D eigenvalue weighted by Crippen LogP contribution is 2.43. The number of nitrogens with zero attached hydrogens (tertiary/aromatic N) is 2. The number of hydroxylamine groups is 2. The summed E-state index contributed by atoms with van der Waals surface area (Å²) in [5, 5.41) is 14.5. The normalized spacial score (nSPS) is 19.3. The van der Waals surface area contributed by atoms with E-state index in [1.165, 1.54) is 64.2 Å². The van der Waals surface area contributed by atoms with E-state index in [4.69, 9.17) is 23.3 Å². The molecule has 53 heavy (non-hydrogen) atoms. The van der Waals surface area contributed by atoms with Gasteiger partial charge in [0.25, 0.3) is 0 Å². The topological polar surface area (TPSA) is 141 Å². The zero-order valence-corrected chi connectivity index (χ0v) is 35.7. The lowest BCUT2D eigenvalue weighted by atomic mass is 9.95. The molecule has 13 heteroatoms. The fraction of sp³-hybridized carbons (Fsp3) is 0.950. The predicted molar refractivity (Wildman–Crippen MR) is 208 cm³/mol. The van der Waals surface area contributed by atoms with Gasteiger partial charge in [0.1, 0.15) is 25.5 Å². The zero-order valence-electron chi connectivity index (χ0n) is 34.8. The van der Waals surface area contributed by atoms with Crippen LogP contribution in [-0.4, -0.2) is 97.9 Å². The van der Waals surface area contributed by atoms with Crippen molar-refractivity contribution in [3.05, 3.63) is 0 Å². The molecule has 1 saturated heterocycles. The molecular formula is C40H79N2O10P+. The number of unbranched alkanes of at least 4 members (excludes halogenated alkanes) is 16. The van der Waals surface area contributed by atoms with Crippen LogP contribution in [0.25, 0.3) is 0 Å². The Balaban J connectivity index is 2.61. The Labute approximate surface area is 323 Å². The number of rotatable bonds is 34. The molecule has 0 bridgehead atoms. The third-order valence-corrected chi connectivity index (χ3v) is 10.9. The molecule has 0 aromatic heterocycles. The van der Waals surface area contributed by atoms with Crippen molar-refractivity contribution in [1.82, 2.24) is 5.06 Å². The molecule has 0 aliphatic carbocycles. The minimum absolute atomic E-state index is 0.00227. The quantitative estimate of drug-likeness (QED) is 0.0291. The van der Waals surface area contributed by atoms with Crippen molar-refractivity contribution in [2.45, 2.75) is 193 Å². The molecule has 0 spiro atoms. The summed E-state index contributed by atoms with van der Waals surface area (Å²) in [6.45, 7) is 8.29. The summed E-state index contributed by atoms with van der Waals surface area (Å²) in [5.41, 5.74) is -1.51. The maximum absolute atomic E-state index is 13.3. The number of carbonyl (C=O) groups excluding carboxylic acids is 2. The van der Waals surface area contributed by atoms with Crippen LogP contribution in [0.3, 0.4) is 0 Å². The Morgan fingerprint density at radius 3 is 1.72 bits per heavy atom. The number of likely N-dealkylation sites (N-methyl/N-ethyl adjacent to an activating group) is 1. The van der Waals surface area contributed by atoms with Crippen LogP contribution in [0, 0.1) is 0 Å². The first-order valence-electron chi connectivity index (χ1n) is 20.9. The van der Waals surface area contributed by atoms with E-state index in [9.17, 15) is 24.3 Å². The van der Waals surface area contributed by atoms with Gasteiger partial charge >= 0.3 is 19.8 Å². The number of hydrogen-bond acceptors (Lipinski definition) is 9. The molecular weight excluding hydrogens is 699 g/mol. The molecule has 12 nitrogen and oxygen atoms in total. The van der Waals surface area contributed by atoms with Crippen LogP contribution in [0.15, 0.2) is 0 Å². The van der Waals surface area contributed by atoms with Crippen molar-refractivity contribution in [1.29, 1.82) is 0 Å². The molecule has 1 aliphatic rings. The zero-order chi connectivity index (χ0) is 39.6. The van der Waals surface area contributed by atoms with Crippen molar-refractivity contribution in [3.63, 3.8) is 0 Å². The fourth-order valence-corrected chi connectivity index (χ4v) is 7.24. The van der Waals surface area contributed by atoms with Gasteiger partial charge < -0.3 is 23.6 Å². The number of phosphoric ester groups is 1. The molecule has 0 amide bonds. The van der Waals surface area contributed by atoms with E-state index in [1.807, 2.05) is 35.0 Å². The molecule has 1 fully saturated rings. The minimum Gasteiger partial charge on any atom is -0.462 e. The van der Waals surface area contributed by atoms with Gasteiger partial charge in [0.15, 0.2) is 6.10 Å². The summed E-state index contributed by atoms with van der Waals surface area (Å²) >= 11 is 0. The average Bonchev–Trinajstić information content (AvgIpc) is 3.31. The van der Waals surface area contributed by atoms with E-state index >= 15 is 0 Å². The lowest BCUT2D eigenvalue weighted by molar-refractivity contribution is -0.870. The lowest BCUT2D eigenvalue weighted by Gasteiger charge is -2.35. The first-order chi connectivity index (χ1) is 25.1. The van der Waals surface area contributed by atoms with Gasteiger partial charge in [-0.25, -0.2) is 4.57 Å². The van der Waals surface area contributed by atoms with Crippen molar-refractivity contribution in [2.24, 2.45) is 0 Å². The molecule has 313 valence electrons. The van der Waals surface area contributed by atoms with Crippen molar-refractivity contribution in [2.75, 3.05) is 54.1 Å². The van der Waals surface area contributed by atoms with E-state index in [2.05, 4.69) is 13.8 Å². The molecule has 1 N–H and O–H groups in total. The molecule has 3 unspecified atom stereocenters. The maximum Gasteiger partial charge on any atom is 0.472 e. The van der Waals surface area contributed by atoms with Gasteiger partial charge in [0, 0.05) is 12.8 Å². The van der Waals surface area contributed by atoms with Crippen LogP contribution >= 0.6 is 7.82 Å². The van der Waals surface area contributed by atoms with Crippen molar-refractivity contribution in [3.8, 4) is 0 Å². The van der Waals surface area contributed by atoms with Gasteiger partial charge in [-0.15, -0.1) is 10.3 Å².